The molecule has 0 aliphatic carbocycles. The van der Waals surface area contributed by atoms with Crippen LogP contribution in [0, 0.1) is 5.92 Å². The number of unbranched alkanes of at least 4 members (excludes halogenated alkanes) is 54. The minimum absolute atomic E-state index is 0.109. The van der Waals surface area contributed by atoms with Crippen LogP contribution in [-0.4, -0.2) is 96.7 Å². The van der Waals surface area contributed by atoms with Gasteiger partial charge >= 0.3 is 39.5 Å². The third kappa shape index (κ3) is 76.1. The Labute approximate surface area is 619 Å². The van der Waals surface area contributed by atoms with E-state index in [1.54, 1.807) is 0 Å². The summed E-state index contributed by atoms with van der Waals surface area (Å²) in [4.78, 5) is 73.1. The van der Waals surface area contributed by atoms with Crippen LogP contribution in [0.25, 0.3) is 0 Å². The number of hydrogen-bond acceptors (Lipinski definition) is 15. The highest BCUT2D eigenvalue weighted by Gasteiger charge is 2.30. The van der Waals surface area contributed by atoms with E-state index in [-0.39, 0.29) is 25.7 Å². The van der Waals surface area contributed by atoms with Crippen LogP contribution in [0.1, 0.15) is 439 Å². The van der Waals surface area contributed by atoms with Gasteiger partial charge in [0.25, 0.3) is 0 Å². The molecule has 0 aromatic heterocycles. The standard InChI is InChI=1S/C82H160O17P2/c1-6-9-12-15-18-21-24-27-29-30-31-32-37-43-48-53-58-63-68-82(87)99-78(72-93-80(85)66-61-56-51-46-41-38-33-35-39-44-49-54-59-64-75(4)5)74-97-101(90,91)95-70-76(83)69-94-100(88,89)96-73-77(71-92-79(84)65-60-55-50-45-40-34-26-23-20-17-14-11-8-3)98-81(86)67-62-57-52-47-42-36-28-25-22-19-16-13-10-7-2/h75-78,83H,6-74H2,1-5H3,(H,88,89)(H,90,91)/t76-,77+,78+/m0/s1. The smallest absolute Gasteiger partial charge is 0.462 e. The molecule has 0 bridgehead atoms. The number of carbonyl (C=O) groups excluding carboxylic acids is 4. The Bertz CT molecular complexity index is 1930. The Hall–Kier alpha value is -1.94. The predicted octanol–water partition coefficient (Wildman–Crippen LogP) is 24.8. The number of phosphoric acid groups is 2. The molecule has 0 aliphatic rings. The molecule has 0 rings (SSSR count). The zero-order chi connectivity index (χ0) is 74.1. The molecule has 0 aliphatic heterocycles. The third-order valence-corrected chi connectivity index (χ3v) is 21.2. The summed E-state index contributed by atoms with van der Waals surface area (Å²) in [6.07, 6.45) is 66.4. The fourth-order valence-corrected chi connectivity index (χ4v) is 14.3. The van der Waals surface area contributed by atoms with Crippen LogP contribution in [-0.2, 0) is 65.4 Å². The Morgan fingerprint density at radius 1 is 0.267 bits per heavy atom. The summed E-state index contributed by atoms with van der Waals surface area (Å²) in [6, 6.07) is 0. The van der Waals surface area contributed by atoms with E-state index in [2.05, 4.69) is 34.6 Å². The minimum atomic E-state index is -4.96. The van der Waals surface area contributed by atoms with Crippen molar-refractivity contribution in [1.82, 2.24) is 0 Å². The van der Waals surface area contributed by atoms with Crippen molar-refractivity contribution in [2.75, 3.05) is 39.6 Å². The summed E-state index contributed by atoms with van der Waals surface area (Å²) in [5.41, 5.74) is 0. The predicted molar refractivity (Wildman–Crippen MR) is 414 cm³/mol. The van der Waals surface area contributed by atoms with E-state index >= 15 is 0 Å². The van der Waals surface area contributed by atoms with Gasteiger partial charge in [0.2, 0.25) is 0 Å². The van der Waals surface area contributed by atoms with Crippen molar-refractivity contribution in [1.29, 1.82) is 0 Å². The summed E-state index contributed by atoms with van der Waals surface area (Å²) in [6.45, 7) is 7.37. The first-order valence-electron chi connectivity index (χ1n) is 42.6. The number of hydrogen-bond donors (Lipinski definition) is 3. The lowest BCUT2D eigenvalue weighted by atomic mass is 10.0. The lowest BCUT2D eigenvalue weighted by Gasteiger charge is -2.21. The van der Waals surface area contributed by atoms with Gasteiger partial charge in [-0.15, -0.1) is 0 Å². The maximum absolute atomic E-state index is 13.1. The Kier molecular flexibility index (Phi) is 73.5. The fraction of sp³-hybridized carbons (Fsp3) is 0.951. The lowest BCUT2D eigenvalue weighted by molar-refractivity contribution is -0.161. The molecule has 3 N–H and O–H groups in total. The van der Waals surface area contributed by atoms with Crippen LogP contribution in [0.4, 0.5) is 0 Å². The maximum Gasteiger partial charge on any atom is 0.472 e. The van der Waals surface area contributed by atoms with E-state index in [1.807, 2.05) is 0 Å². The van der Waals surface area contributed by atoms with Crippen LogP contribution >= 0.6 is 15.6 Å². The normalized spacial score (nSPS) is 13.8. The van der Waals surface area contributed by atoms with Crippen LogP contribution in [0.15, 0.2) is 0 Å². The highest BCUT2D eigenvalue weighted by Crippen LogP contribution is 2.45. The van der Waals surface area contributed by atoms with Crippen LogP contribution in [0.5, 0.6) is 0 Å². The molecule has 0 fully saturated rings. The molecule has 0 spiro atoms. The average molecular weight is 1480 g/mol. The molecule has 0 aromatic carbocycles. The van der Waals surface area contributed by atoms with Crippen molar-refractivity contribution < 1.29 is 80.2 Å². The molecule has 101 heavy (non-hydrogen) atoms. The molecule has 0 saturated heterocycles. The largest absolute Gasteiger partial charge is 0.472 e. The number of phosphoric ester groups is 2. The molecule has 5 atom stereocenters. The molecule has 0 radical (unpaired) electrons. The summed E-state index contributed by atoms with van der Waals surface area (Å²) in [7, 11) is -9.92. The van der Waals surface area contributed by atoms with E-state index in [0.717, 1.165) is 95.8 Å². The molecule has 0 saturated carbocycles. The molecule has 600 valence electrons. The summed E-state index contributed by atoms with van der Waals surface area (Å²) in [5.74, 6) is -1.31. The Balaban J connectivity index is 5.26. The van der Waals surface area contributed by atoms with Gasteiger partial charge < -0.3 is 33.8 Å². The van der Waals surface area contributed by atoms with E-state index in [1.165, 1.54) is 263 Å². The second-order valence-corrected chi connectivity index (χ2v) is 32.9. The van der Waals surface area contributed by atoms with Gasteiger partial charge in [0.1, 0.15) is 19.3 Å². The lowest BCUT2D eigenvalue weighted by Crippen LogP contribution is -2.30. The van der Waals surface area contributed by atoms with Gasteiger partial charge in [0.15, 0.2) is 12.2 Å². The molecule has 17 nitrogen and oxygen atoms in total. The summed E-state index contributed by atoms with van der Waals surface area (Å²) >= 11 is 0. The highest BCUT2D eigenvalue weighted by molar-refractivity contribution is 7.47. The van der Waals surface area contributed by atoms with E-state index in [9.17, 15) is 43.2 Å². The molecule has 0 heterocycles. The number of carbonyl (C=O) groups is 4. The Morgan fingerprint density at radius 2 is 0.455 bits per heavy atom. The molecular formula is C82H160O17P2. The second kappa shape index (κ2) is 74.9. The van der Waals surface area contributed by atoms with E-state index in [4.69, 9.17) is 37.0 Å². The fourth-order valence-electron chi connectivity index (χ4n) is 12.8. The minimum Gasteiger partial charge on any atom is -0.462 e. The average Bonchev–Trinajstić information content (AvgIpc) is 0.928. The van der Waals surface area contributed by atoms with Crippen LogP contribution in [0.2, 0.25) is 0 Å². The highest BCUT2D eigenvalue weighted by atomic mass is 31.2. The number of esters is 4. The Morgan fingerprint density at radius 3 is 0.673 bits per heavy atom. The van der Waals surface area contributed by atoms with Crippen molar-refractivity contribution >= 4 is 39.5 Å². The van der Waals surface area contributed by atoms with Crippen molar-refractivity contribution in [3.63, 3.8) is 0 Å². The molecule has 0 amide bonds. The number of aliphatic hydroxyl groups is 1. The van der Waals surface area contributed by atoms with Gasteiger partial charge in [-0.2, -0.15) is 0 Å². The zero-order valence-electron chi connectivity index (χ0n) is 66.1. The number of rotatable bonds is 82. The summed E-state index contributed by atoms with van der Waals surface area (Å²) < 4.78 is 68.8. The van der Waals surface area contributed by atoms with Crippen molar-refractivity contribution in [3.8, 4) is 0 Å². The van der Waals surface area contributed by atoms with Gasteiger partial charge in [-0.25, -0.2) is 9.13 Å². The van der Waals surface area contributed by atoms with Crippen molar-refractivity contribution in [3.05, 3.63) is 0 Å². The van der Waals surface area contributed by atoms with Crippen LogP contribution < -0.4 is 0 Å². The van der Waals surface area contributed by atoms with Gasteiger partial charge in [0, 0.05) is 25.7 Å². The number of aliphatic hydroxyl groups excluding tert-OH is 1. The van der Waals surface area contributed by atoms with Crippen LogP contribution in [0.3, 0.4) is 0 Å². The molecule has 2 unspecified atom stereocenters. The quantitative estimate of drug-likeness (QED) is 0.0222. The molecule has 19 heteroatoms. The van der Waals surface area contributed by atoms with Gasteiger partial charge in [-0.05, 0) is 31.6 Å². The second-order valence-electron chi connectivity index (χ2n) is 30.0. The zero-order valence-corrected chi connectivity index (χ0v) is 67.8. The summed E-state index contributed by atoms with van der Waals surface area (Å²) in [5, 5.41) is 10.7. The maximum atomic E-state index is 13.1. The first-order valence-corrected chi connectivity index (χ1v) is 45.6. The molecular weight excluding hydrogens is 1320 g/mol. The van der Waals surface area contributed by atoms with Gasteiger partial charge in [-0.1, -0.05) is 388 Å². The number of ether oxygens (including phenoxy) is 4. The van der Waals surface area contributed by atoms with E-state index in [0.29, 0.717) is 25.7 Å². The van der Waals surface area contributed by atoms with Crippen molar-refractivity contribution in [2.45, 2.75) is 457 Å². The first-order chi connectivity index (χ1) is 49.0. The SMILES string of the molecule is CCCCCCCCCCCCCCCCCCCCC(=O)O[C@H](COC(=O)CCCCCCCCCCCCCCCC(C)C)COP(=O)(O)OC[C@@H](O)COP(=O)(O)OC[C@@H](COC(=O)CCCCCCCCCCCCCCC)OC(=O)CCCCCCCCCCCCCCCC. The van der Waals surface area contributed by atoms with Gasteiger partial charge in [-0.3, -0.25) is 37.3 Å². The van der Waals surface area contributed by atoms with E-state index < -0.39 is 97.5 Å². The van der Waals surface area contributed by atoms with Crippen molar-refractivity contribution in [2.24, 2.45) is 5.92 Å². The third-order valence-electron chi connectivity index (χ3n) is 19.3. The topological polar surface area (TPSA) is 237 Å². The van der Waals surface area contributed by atoms with Gasteiger partial charge in [0.05, 0.1) is 26.4 Å². The first kappa shape index (κ1) is 99.1. The monoisotopic (exact) mass is 1480 g/mol. The molecule has 0 aromatic rings.